The summed E-state index contributed by atoms with van der Waals surface area (Å²) in [5, 5.41) is 21.5. The summed E-state index contributed by atoms with van der Waals surface area (Å²) < 4.78 is 0. The first-order valence-electron chi connectivity index (χ1n) is 7.10. The van der Waals surface area contributed by atoms with E-state index >= 15 is 0 Å². The average molecular weight is 275 g/mol. The fourth-order valence-corrected chi connectivity index (χ4v) is 2.42. The zero-order chi connectivity index (χ0) is 14.4. The molecule has 1 aromatic carbocycles. The molecule has 4 heteroatoms. The molecule has 0 bridgehead atoms. The molecule has 0 aliphatic heterocycles. The number of rotatable bonds is 5. The summed E-state index contributed by atoms with van der Waals surface area (Å²) in [4.78, 5) is 11.8. The van der Waals surface area contributed by atoms with Crippen molar-refractivity contribution in [2.75, 3.05) is 6.54 Å². The number of nitrogens with one attached hydrogen (secondary N) is 1. The Labute approximate surface area is 119 Å². The lowest BCUT2D eigenvalue weighted by molar-refractivity contribution is -0.120. The lowest BCUT2D eigenvalue weighted by atomic mass is 9.97. The lowest BCUT2D eigenvalue weighted by Crippen LogP contribution is -2.26. The Morgan fingerprint density at radius 1 is 1.20 bits per heavy atom. The van der Waals surface area contributed by atoms with Crippen molar-refractivity contribution in [3.8, 4) is 11.5 Å². The van der Waals surface area contributed by atoms with Gasteiger partial charge < -0.3 is 15.5 Å². The molecule has 1 aliphatic rings. The Balaban J connectivity index is 1.74. The summed E-state index contributed by atoms with van der Waals surface area (Å²) in [6.07, 6.45) is 8.28. The van der Waals surface area contributed by atoms with Gasteiger partial charge in [-0.3, -0.25) is 4.79 Å². The van der Waals surface area contributed by atoms with Gasteiger partial charge >= 0.3 is 0 Å². The molecule has 0 radical (unpaired) electrons. The van der Waals surface area contributed by atoms with Crippen LogP contribution in [0.15, 0.2) is 29.8 Å². The van der Waals surface area contributed by atoms with Crippen molar-refractivity contribution in [1.82, 2.24) is 5.32 Å². The number of benzene rings is 1. The molecule has 20 heavy (non-hydrogen) atoms. The number of aromatic hydroxyl groups is 2. The summed E-state index contributed by atoms with van der Waals surface area (Å²) in [7, 11) is 0. The molecule has 108 valence electrons. The minimum atomic E-state index is -0.192. The van der Waals surface area contributed by atoms with E-state index in [2.05, 4.69) is 11.4 Å². The van der Waals surface area contributed by atoms with Crippen molar-refractivity contribution < 1.29 is 15.0 Å². The Morgan fingerprint density at radius 2 is 2.05 bits per heavy atom. The number of phenols is 2. The monoisotopic (exact) mass is 275 g/mol. The predicted molar refractivity (Wildman–Crippen MR) is 77.7 cm³/mol. The number of carbonyl (C=O) groups is 1. The highest BCUT2D eigenvalue weighted by molar-refractivity contribution is 5.78. The predicted octanol–water partition coefficient (Wildman–Crippen LogP) is 2.65. The molecule has 1 aliphatic carbocycles. The summed E-state index contributed by atoms with van der Waals surface area (Å²) >= 11 is 0. The molecule has 0 spiro atoms. The van der Waals surface area contributed by atoms with Crippen LogP contribution in [0.5, 0.6) is 11.5 Å². The topological polar surface area (TPSA) is 69.6 Å². The number of phenolic OH excluding ortho intramolecular Hbond substituents is 2. The van der Waals surface area contributed by atoms with Crippen LogP contribution < -0.4 is 5.32 Å². The van der Waals surface area contributed by atoms with Crippen molar-refractivity contribution in [2.24, 2.45) is 0 Å². The van der Waals surface area contributed by atoms with Crippen molar-refractivity contribution >= 4 is 5.91 Å². The number of hydrogen-bond acceptors (Lipinski definition) is 3. The number of carbonyl (C=O) groups excluding carboxylic acids is 1. The third-order valence-electron chi connectivity index (χ3n) is 3.56. The van der Waals surface area contributed by atoms with Crippen LogP contribution in [-0.4, -0.2) is 22.7 Å². The van der Waals surface area contributed by atoms with Crippen LogP contribution in [-0.2, 0) is 11.2 Å². The second-order valence-corrected chi connectivity index (χ2v) is 5.21. The zero-order valence-electron chi connectivity index (χ0n) is 11.6. The normalized spacial score (nSPS) is 14.7. The van der Waals surface area contributed by atoms with Gasteiger partial charge in [0.05, 0.1) is 6.42 Å². The van der Waals surface area contributed by atoms with Crippen LogP contribution in [0.3, 0.4) is 0 Å². The molecule has 0 aromatic heterocycles. The van der Waals surface area contributed by atoms with Gasteiger partial charge in [0.15, 0.2) is 11.5 Å². The Bertz CT molecular complexity index is 508. The second kappa shape index (κ2) is 6.98. The fraction of sp³-hybridized carbons (Fsp3) is 0.438. The molecular formula is C16H21NO3. The summed E-state index contributed by atoms with van der Waals surface area (Å²) in [6, 6.07) is 4.45. The molecule has 0 fully saturated rings. The highest BCUT2D eigenvalue weighted by Gasteiger charge is 2.07. The zero-order valence-corrected chi connectivity index (χ0v) is 11.6. The van der Waals surface area contributed by atoms with Crippen LogP contribution >= 0.6 is 0 Å². The average Bonchev–Trinajstić information content (AvgIpc) is 2.44. The molecule has 0 atom stereocenters. The Kier molecular flexibility index (Phi) is 5.04. The van der Waals surface area contributed by atoms with Crippen molar-refractivity contribution in [2.45, 2.75) is 38.5 Å². The minimum absolute atomic E-state index is 0.0634. The molecule has 1 aromatic rings. The van der Waals surface area contributed by atoms with Crippen LogP contribution in [0, 0.1) is 0 Å². The third-order valence-corrected chi connectivity index (χ3v) is 3.56. The third kappa shape index (κ3) is 4.30. The van der Waals surface area contributed by atoms with Gasteiger partial charge in [-0.1, -0.05) is 17.7 Å². The van der Waals surface area contributed by atoms with E-state index in [4.69, 9.17) is 0 Å². The van der Waals surface area contributed by atoms with E-state index in [1.807, 2.05) is 0 Å². The van der Waals surface area contributed by atoms with E-state index in [1.165, 1.54) is 30.5 Å². The van der Waals surface area contributed by atoms with Gasteiger partial charge in [-0.05, 0) is 49.8 Å². The lowest BCUT2D eigenvalue weighted by Gasteiger charge is -2.13. The van der Waals surface area contributed by atoms with Gasteiger partial charge in [-0.25, -0.2) is 0 Å². The molecular weight excluding hydrogens is 254 g/mol. The second-order valence-electron chi connectivity index (χ2n) is 5.21. The molecule has 0 heterocycles. The van der Waals surface area contributed by atoms with Gasteiger partial charge in [0.2, 0.25) is 5.91 Å². The molecule has 0 saturated heterocycles. The van der Waals surface area contributed by atoms with E-state index < -0.39 is 0 Å². The summed E-state index contributed by atoms with van der Waals surface area (Å²) in [5.74, 6) is -0.424. The SMILES string of the molecule is O=C(Cc1ccc(O)c(O)c1)NCCC1=CCCCC1. The van der Waals surface area contributed by atoms with Gasteiger partial charge in [0.25, 0.3) is 0 Å². The Morgan fingerprint density at radius 3 is 2.75 bits per heavy atom. The van der Waals surface area contributed by atoms with Gasteiger partial charge in [0.1, 0.15) is 0 Å². The quantitative estimate of drug-likeness (QED) is 0.571. The highest BCUT2D eigenvalue weighted by atomic mass is 16.3. The largest absolute Gasteiger partial charge is 0.504 e. The number of hydrogen-bond donors (Lipinski definition) is 3. The first kappa shape index (κ1) is 14.4. The van der Waals surface area contributed by atoms with Crippen LogP contribution in [0.4, 0.5) is 0 Å². The molecule has 2 rings (SSSR count). The smallest absolute Gasteiger partial charge is 0.224 e. The maximum atomic E-state index is 11.8. The van der Waals surface area contributed by atoms with Crippen molar-refractivity contribution in [3.63, 3.8) is 0 Å². The minimum Gasteiger partial charge on any atom is -0.504 e. The van der Waals surface area contributed by atoms with Gasteiger partial charge in [-0.15, -0.1) is 0 Å². The maximum Gasteiger partial charge on any atom is 0.224 e. The van der Waals surface area contributed by atoms with Crippen molar-refractivity contribution in [1.29, 1.82) is 0 Å². The van der Waals surface area contributed by atoms with Crippen LogP contribution in [0.2, 0.25) is 0 Å². The van der Waals surface area contributed by atoms with Gasteiger partial charge in [0, 0.05) is 6.54 Å². The van der Waals surface area contributed by atoms with E-state index in [9.17, 15) is 15.0 Å². The van der Waals surface area contributed by atoms with E-state index in [-0.39, 0.29) is 23.8 Å². The van der Waals surface area contributed by atoms with Crippen LogP contribution in [0.25, 0.3) is 0 Å². The highest BCUT2D eigenvalue weighted by Crippen LogP contribution is 2.25. The molecule has 3 N–H and O–H groups in total. The van der Waals surface area contributed by atoms with E-state index in [1.54, 1.807) is 6.07 Å². The molecule has 0 saturated carbocycles. The first-order valence-corrected chi connectivity index (χ1v) is 7.10. The molecule has 0 unspecified atom stereocenters. The van der Waals surface area contributed by atoms with Crippen LogP contribution in [0.1, 0.15) is 37.7 Å². The Hall–Kier alpha value is -1.97. The number of amides is 1. The summed E-state index contributed by atoms with van der Waals surface area (Å²) in [5.41, 5.74) is 2.13. The maximum absolute atomic E-state index is 11.8. The fourth-order valence-electron chi connectivity index (χ4n) is 2.42. The molecule has 4 nitrogen and oxygen atoms in total. The molecule has 1 amide bonds. The van der Waals surface area contributed by atoms with E-state index in [0.29, 0.717) is 12.1 Å². The van der Waals surface area contributed by atoms with Crippen molar-refractivity contribution in [3.05, 3.63) is 35.4 Å². The van der Waals surface area contributed by atoms with E-state index in [0.717, 1.165) is 19.3 Å². The number of allylic oxidation sites excluding steroid dienone is 1. The first-order chi connectivity index (χ1) is 9.65. The summed E-state index contributed by atoms with van der Waals surface area (Å²) in [6.45, 7) is 0.661. The van der Waals surface area contributed by atoms with Gasteiger partial charge in [-0.2, -0.15) is 0 Å². The standard InChI is InChI=1S/C16H21NO3/c18-14-7-6-13(10-15(14)19)11-16(20)17-9-8-12-4-2-1-3-5-12/h4,6-7,10,18-19H,1-3,5,8-9,11H2,(H,17,20).